The number of amides is 1. The lowest BCUT2D eigenvalue weighted by Gasteiger charge is -2.10. The Morgan fingerprint density at radius 3 is 2.74 bits per heavy atom. The van der Waals surface area contributed by atoms with Crippen molar-refractivity contribution >= 4 is 40.0 Å². The van der Waals surface area contributed by atoms with E-state index in [1.807, 2.05) is 13.8 Å². The fourth-order valence-electron chi connectivity index (χ4n) is 1.83. The minimum atomic E-state index is -0.411. The average Bonchev–Trinajstić information content (AvgIpc) is 2.99. The highest BCUT2D eigenvalue weighted by atomic mass is 32.2. The zero-order valence-corrected chi connectivity index (χ0v) is 12.7. The highest BCUT2D eigenvalue weighted by Crippen LogP contribution is 2.33. The van der Waals surface area contributed by atoms with Gasteiger partial charge >= 0.3 is 5.97 Å². The summed E-state index contributed by atoms with van der Waals surface area (Å²) >= 11 is 3.09. The molecule has 2 N–H and O–H groups in total. The van der Waals surface area contributed by atoms with Gasteiger partial charge in [-0.15, -0.1) is 23.1 Å². The molecule has 1 amide bonds. The van der Waals surface area contributed by atoms with Gasteiger partial charge in [0.1, 0.15) is 5.00 Å². The Morgan fingerprint density at radius 1 is 1.42 bits per heavy atom. The molecule has 1 fully saturated rings. The van der Waals surface area contributed by atoms with E-state index in [4.69, 9.17) is 4.74 Å². The van der Waals surface area contributed by atoms with E-state index in [2.05, 4.69) is 10.6 Å². The van der Waals surface area contributed by atoms with Gasteiger partial charge in [-0.1, -0.05) is 0 Å². The molecule has 1 aromatic rings. The third-order valence-electron chi connectivity index (χ3n) is 3.04. The lowest BCUT2D eigenvalue weighted by atomic mass is 10.1. The molecular weight excluding hydrogens is 284 g/mol. The number of hydrogen-bond donors (Lipinski definition) is 2. The Labute approximate surface area is 120 Å². The Hall–Kier alpha value is -1.05. The van der Waals surface area contributed by atoms with Gasteiger partial charge in [-0.2, -0.15) is 0 Å². The Morgan fingerprint density at radius 2 is 2.16 bits per heavy atom. The summed E-state index contributed by atoms with van der Waals surface area (Å²) < 4.78 is 4.77. The first-order valence-electron chi connectivity index (χ1n) is 5.85. The third kappa shape index (κ3) is 2.93. The number of carbonyl (C=O) groups excluding carboxylic acids is 2. The van der Waals surface area contributed by atoms with E-state index in [1.165, 1.54) is 18.4 Å². The Balaban J connectivity index is 2.22. The molecule has 1 unspecified atom stereocenters. The zero-order chi connectivity index (χ0) is 14.0. The van der Waals surface area contributed by atoms with Crippen molar-refractivity contribution in [2.45, 2.75) is 19.9 Å². The van der Waals surface area contributed by atoms with Gasteiger partial charge in [0.25, 0.3) is 0 Å². The summed E-state index contributed by atoms with van der Waals surface area (Å²) in [7, 11) is 1.34. The number of nitrogens with one attached hydrogen (secondary N) is 2. The normalized spacial score (nSPS) is 18.4. The summed E-state index contributed by atoms with van der Waals surface area (Å²) in [4.78, 5) is 24.9. The molecule has 2 rings (SSSR count). The minimum absolute atomic E-state index is 0.101. The molecule has 1 aliphatic heterocycles. The molecule has 2 heterocycles. The van der Waals surface area contributed by atoms with Crippen molar-refractivity contribution in [2.24, 2.45) is 0 Å². The second-order valence-electron chi connectivity index (χ2n) is 4.24. The number of carbonyl (C=O) groups is 2. The maximum atomic E-state index is 12.1. The minimum Gasteiger partial charge on any atom is -0.465 e. The predicted molar refractivity (Wildman–Crippen MR) is 78.0 cm³/mol. The van der Waals surface area contributed by atoms with Gasteiger partial charge in [-0.05, 0) is 19.4 Å². The van der Waals surface area contributed by atoms with Crippen LogP contribution in [0.4, 0.5) is 5.00 Å². The van der Waals surface area contributed by atoms with Crippen molar-refractivity contribution in [1.29, 1.82) is 0 Å². The van der Waals surface area contributed by atoms with E-state index in [-0.39, 0.29) is 11.9 Å². The summed E-state index contributed by atoms with van der Waals surface area (Å²) in [5, 5.41) is 6.51. The first-order valence-corrected chi connectivity index (χ1v) is 7.82. The summed E-state index contributed by atoms with van der Waals surface area (Å²) in [6, 6.07) is -0.196. The summed E-state index contributed by atoms with van der Waals surface area (Å²) in [5.41, 5.74) is 1.32. The monoisotopic (exact) mass is 300 g/mol. The van der Waals surface area contributed by atoms with Crippen molar-refractivity contribution in [3.63, 3.8) is 0 Å². The van der Waals surface area contributed by atoms with E-state index in [0.717, 1.165) is 22.1 Å². The van der Waals surface area contributed by atoms with Gasteiger partial charge in [0, 0.05) is 16.5 Å². The molecule has 0 spiro atoms. The highest BCUT2D eigenvalue weighted by molar-refractivity contribution is 7.99. The molecule has 19 heavy (non-hydrogen) atoms. The number of rotatable bonds is 3. The number of aryl methyl sites for hydroxylation is 1. The molecular formula is C12H16N2O3S2. The van der Waals surface area contributed by atoms with Crippen LogP contribution in [0.3, 0.4) is 0 Å². The molecule has 1 atom stereocenters. The van der Waals surface area contributed by atoms with E-state index in [1.54, 1.807) is 11.8 Å². The second kappa shape index (κ2) is 5.94. The van der Waals surface area contributed by atoms with E-state index < -0.39 is 5.97 Å². The van der Waals surface area contributed by atoms with Gasteiger partial charge in [0.2, 0.25) is 5.91 Å². The largest absolute Gasteiger partial charge is 0.465 e. The smallest absolute Gasteiger partial charge is 0.341 e. The summed E-state index contributed by atoms with van der Waals surface area (Å²) in [6.45, 7) is 3.78. The molecule has 1 aliphatic rings. The van der Waals surface area contributed by atoms with Crippen molar-refractivity contribution in [3.05, 3.63) is 16.0 Å². The van der Waals surface area contributed by atoms with Crippen molar-refractivity contribution in [3.8, 4) is 0 Å². The molecule has 0 radical (unpaired) electrons. The number of ether oxygens (including phenoxy) is 1. The molecule has 0 bridgehead atoms. The molecule has 7 heteroatoms. The molecule has 0 saturated carbocycles. The SMILES string of the molecule is COC(=O)c1c(NC(=O)C2CSCN2)sc(C)c1C. The van der Waals surface area contributed by atoms with Crippen LogP contribution >= 0.6 is 23.1 Å². The number of methoxy groups -OCH3 is 1. The number of anilines is 1. The van der Waals surface area contributed by atoms with Gasteiger partial charge in [-0.25, -0.2) is 4.79 Å². The molecule has 104 valence electrons. The fraction of sp³-hybridized carbons (Fsp3) is 0.500. The molecule has 1 saturated heterocycles. The first-order chi connectivity index (χ1) is 9.04. The van der Waals surface area contributed by atoms with Crippen molar-refractivity contribution < 1.29 is 14.3 Å². The van der Waals surface area contributed by atoms with Crippen LogP contribution < -0.4 is 10.6 Å². The molecule has 5 nitrogen and oxygen atoms in total. The molecule has 1 aromatic heterocycles. The first kappa shape index (κ1) is 14.4. The van der Waals surface area contributed by atoms with Crippen LogP contribution in [0, 0.1) is 13.8 Å². The average molecular weight is 300 g/mol. The standard InChI is InChI=1S/C12H16N2O3S2/c1-6-7(2)19-11(9(6)12(16)17-3)14-10(15)8-4-18-5-13-8/h8,13H,4-5H2,1-3H3,(H,14,15). The number of hydrogen-bond acceptors (Lipinski definition) is 6. The van der Waals surface area contributed by atoms with E-state index in [0.29, 0.717) is 10.6 Å². The summed E-state index contributed by atoms with van der Waals surface area (Å²) in [5.74, 6) is 1.02. The van der Waals surface area contributed by atoms with Crippen LogP contribution in [0.5, 0.6) is 0 Å². The zero-order valence-electron chi connectivity index (χ0n) is 11.0. The van der Waals surface area contributed by atoms with E-state index in [9.17, 15) is 9.59 Å². The number of esters is 1. The van der Waals surface area contributed by atoms with Crippen LogP contribution in [0.1, 0.15) is 20.8 Å². The van der Waals surface area contributed by atoms with Gasteiger partial charge in [-0.3, -0.25) is 10.1 Å². The van der Waals surface area contributed by atoms with Crippen LogP contribution in [0.15, 0.2) is 0 Å². The quantitative estimate of drug-likeness (QED) is 0.833. The Kier molecular flexibility index (Phi) is 4.49. The van der Waals surface area contributed by atoms with Gasteiger partial charge < -0.3 is 10.1 Å². The maximum absolute atomic E-state index is 12.1. The van der Waals surface area contributed by atoms with Gasteiger partial charge in [0.05, 0.1) is 18.7 Å². The maximum Gasteiger partial charge on any atom is 0.341 e. The second-order valence-corrected chi connectivity index (χ2v) is 6.50. The summed E-state index contributed by atoms with van der Waals surface area (Å²) in [6.07, 6.45) is 0. The lowest BCUT2D eigenvalue weighted by molar-refractivity contribution is -0.117. The van der Waals surface area contributed by atoms with Gasteiger partial charge in [0.15, 0.2) is 0 Å². The van der Waals surface area contributed by atoms with Crippen LogP contribution in [0.25, 0.3) is 0 Å². The Bertz CT molecular complexity index is 507. The van der Waals surface area contributed by atoms with Crippen LogP contribution in [0.2, 0.25) is 0 Å². The van der Waals surface area contributed by atoms with Crippen LogP contribution in [-0.4, -0.2) is 36.7 Å². The highest BCUT2D eigenvalue weighted by Gasteiger charge is 2.26. The lowest BCUT2D eigenvalue weighted by Crippen LogP contribution is -2.37. The van der Waals surface area contributed by atoms with Crippen LogP contribution in [-0.2, 0) is 9.53 Å². The van der Waals surface area contributed by atoms with Crippen molar-refractivity contribution in [1.82, 2.24) is 5.32 Å². The van der Waals surface area contributed by atoms with E-state index >= 15 is 0 Å². The number of thioether (sulfide) groups is 1. The third-order valence-corrected chi connectivity index (χ3v) is 5.11. The molecule has 0 aliphatic carbocycles. The molecule has 0 aromatic carbocycles. The predicted octanol–water partition coefficient (Wildman–Crippen LogP) is 1.75. The topological polar surface area (TPSA) is 67.4 Å². The fourth-order valence-corrected chi connectivity index (χ4v) is 3.82. The number of thiophene rings is 1. The van der Waals surface area contributed by atoms with Crippen molar-refractivity contribution in [2.75, 3.05) is 24.1 Å².